The molecule has 0 aromatic carbocycles. The summed E-state index contributed by atoms with van der Waals surface area (Å²) in [6.45, 7) is 5.49. The maximum absolute atomic E-state index is 5.73. The molecule has 0 radical (unpaired) electrons. The molecule has 1 fully saturated rings. The van der Waals surface area contributed by atoms with E-state index in [1.807, 2.05) is 0 Å². The van der Waals surface area contributed by atoms with Crippen LogP contribution >= 0.6 is 11.8 Å². The molecule has 0 amide bonds. The lowest BCUT2D eigenvalue weighted by atomic mass is 10.1. The van der Waals surface area contributed by atoms with Gasteiger partial charge in [-0.3, -0.25) is 0 Å². The van der Waals surface area contributed by atoms with Crippen molar-refractivity contribution in [2.45, 2.75) is 50.0 Å². The Hall–Kier alpha value is 0.310. The zero-order valence-electron chi connectivity index (χ0n) is 8.25. The number of nitrogens with two attached hydrogens (primary N) is 1. The standard InChI is InChI=1S/C10H21NS/c1-3-8(2)12-10-6-4-5-9(10)7-11/h8-10H,3-7,11H2,1-2H3. The van der Waals surface area contributed by atoms with Crippen LogP contribution in [0.25, 0.3) is 0 Å². The Labute approximate surface area is 80.5 Å². The highest BCUT2D eigenvalue weighted by Gasteiger charge is 2.27. The molecule has 2 N–H and O–H groups in total. The third kappa shape index (κ3) is 2.67. The van der Waals surface area contributed by atoms with Gasteiger partial charge in [-0.05, 0) is 31.7 Å². The van der Waals surface area contributed by atoms with Crippen molar-refractivity contribution >= 4 is 11.8 Å². The molecule has 1 rings (SSSR count). The molecule has 0 spiro atoms. The van der Waals surface area contributed by atoms with Gasteiger partial charge in [0.2, 0.25) is 0 Å². The summed E-state index contributed by atoms with van der Waals surface area (Å²) in [5.74, 6) is 0.809. The first-order valence-electron chi connectivity index (χ1n) is 5.13. The smallest absolute Gasteiger partial charge is 0.00900 e. The zero-order chi connectivity index (χ0) is 8.97. The third-order valence-electron chi connectivity index (χ3n) is 2.87. The second-order valence-electron chi connectivity index (χ2n) is 3.82. The highest BCUT2D eigenvalue weighted by Crippen LogP contribution is 2.37. The lowest BCUT2D eigenvalue weighted by Gasteiger charge is -2.20. The molecule has 0 aliphatic heterocycles. The minimum atomic E-state index is 0.809. The van der Waals surface area contributed by atoms with E-state index in [0.717, 1.165) is 23.0 Å². The van der Waals surface area contributed by atoms with Gasteiger partial charge >= 0.3 is 0 Å². The van der Waals surface area contributed by atoms with E-state index < -0.39 is 0 Å². The molecule has 0 saturated heterocycles. The van der Waals surface area contributed by atoms with Gasteiger partial charge in [0.05, 0.1) is 0 Å². The van der Waals surface area contributed by atoms with Gasteiger partial charge in [0, 0.05) is 10.5 Å². The summed E-state index contributed by atoms with van der Waals surface area (Å²) in [7, 11) is 0. The summed E-state index contributed by atoms with van der Waals surface area (Å²) in [5.41, 5.74) is 5.73. The number of hydrogen-bond acceptors (Lipinski definition) is 2. The fraction of sp³-hybridized carbons (Fsp3) is 1.00. The number of thioether (sulfide) groups is 1. The summed E-state index contributed by atoms with van der Waals surface area (Å²) in [6.07, 6.45) is 5.45. The van der Waals surface area contributed by atoms with Crippen molar-refractivity contribution in [3.8, 4) is 0 Å². The van der Waals surface area contributed by atoms with E-state index in [-0.39, 0.29) is 0 Å². The number of rotatable bonds is 4. The SMILES string of the molecule is CCC(C)SC1CCCC1CN. The molecule has 0 bridgehead atoms. The molecule has 0 heterocycles. The van der Waals surface area contributed by atoms with E-state index in [0.29, 0.717) is 0 Å². The van der Waals surface area contributed by atoms with E-state index in [1.54, 1.807) is 0 Å². The van der Waals surface area contributed by atoms with Crippen LogP contribution in [0.2, 0.25) is 0 Å². The molecule has 3 atom stereocenters. The van der Waals surface area contributed by atoms with Crippen molar-refractivity contribution in [1.29, 1.82) is 0 Å². The van der Waals surface area contributed by atoms with Gasteiger partial charge in [-0.15, -0.1) is 0 Å². The van der Waals surface area contributed by atoms with Crippen molar-refractivity contribution in [1.82, 2.24) is 0 Å². The van der Waals surface area contributed by atoms with E-state index >= 15 is 0 Å². The Balaban J connectivity index is 2.30. The van der Waals surface area contributed by atoms with Crippen LogP contribution in [-0.4, -0.2) is 17.0 Å². The Morgan fingerprint density at radius 2 is 2.25 bits per heavy atom. The lowest BCUT2D eigenvalue weighted by molar-refractivity contribution is 0.571. The third-order valence-corrected chi connectivity index (χ3v) is 4.64. The molecule has 1 aliphatic carbocycles. The zero-order valence-corrected chi connectivity index (χ0v) is 9.07. The molecule has 1 nitrogen and oxygen atoms in total. The molecule has 0 aromatic heterocycles. The second kappa shape index (κ2) is 5.13. The maximum Gasteiger partial charge on any atom is 0.00900 e. The quantitative estimate of drug-likeness (QED) is 0.732. The van der Waals surface area contributed by atoms with E-state index in [1.165, 1.54) is 25.7 Å². The minimum absolute atomic E-state index is 0.809. The summed E-state index contributed by atoms with van der Waals surface area (Å²) in [5, 5.41) is 1.69. The van der Waals surface area contributed by atoms with Gasteiger partial charge in [-0.1, -0.05) is 20.3 Å². The van der Waals surface area contributed by atoms with Gasteiger partial charge in [0.25, 0.3) is 0 Å². The van der Waals surface area contributed by atoms with Gasteiger partial charge in [-0.25, -0.2) is 0 Å². The molecular weight excluding hydrogens is 166 g/mol. The number of hydrogen-bond donors (Lipinski definition) is 1. The van der Waals surface area contributed by atoms with Crippen LogP contribution in [0.15, 0.2) is 0 Å². The fourth-order valence-electron chi connectivity index (χ4n) is 1.85. The average molecular weight is 187 g/mol. The highest BCUT2D eigenvalue weighted by molar-refractivity contribution is 8.00. The highest BCUT2D eigenvalue weighted by atomic mass is 32.2. The molecule has 1 aliphatic rings. The van der Waals surface area contributed by atoms with Crippen LogP contribution in [0.5, 0.6) is 0 Å². The van der Waals surface area contributed by atoms with Crippen LogP contribution in [0.1, 0.15) is 39.5 Å². The Bertz CT molecular complexity index is 127. The van der Waals surface area contributed by atoms with E-state index in [4.69, 9.17) is 5.73 Å². The summed E-state index contributed by atoms with van der Waals surface area (Å²) in [4.78, 5) is 0. The average Bonchev–Trinajstić information content (AvgIpc) is 2.51. The molecule has 0 aromatic rings. The van der Waals surface area contributed by atoms with Crippen LogP contribution in [0, 0.1) is 5.92 Å². The predicted octanol–water partition coefficient (Wildman–Crippen LogP) is 2.65. The van der Waals surface area contributed by atoms with Crippen LogP contribution < -0.4 is 5.73 Å². The topological polar surface area (TPSA) is 26.0 Å². The van der Waals surface area contributed by atoms with Crippen molar-refractivity contribution in [3.63, 3.8) is 0 Å². The van der Waals surface area contributed by atoms with Crippen molar-refractivity contribution in [2.24, 2.45) is 11.7 Å². The first kappa shape index (κ1) is 10.4. The summed E-state index contributed by atoms with van der Waals surface area (Å²) >= 11 is 2.16. The van der Waals surface area contributed by atoms with Crippen LogP contribution in [-0.2, 0) is 0 Å². The van der Waals surface area contributed by atoms with Crippen LogP contribution in [0.4, 0.5) is 0 Å². The minimum Gasteiger partial charge on any atom is -0.330 e. The fourth-order valence-corrected chi connectivity index (χ4v) is 3.41. The molecule has 12 heavy (non-hydrogen) atoms. The van der Waals surface area contributed by atoms with E-state index in [9.17, 15) is 0 Å². The molecule has 2 heteroatoms. The Morgan fingerprint density at radius 1 is 1.50 bits per heavy atom. The lowest BCUT2D eigenvalue weighted by Crippen LogP contribution is -2.21. The maximum atomic E-state index is 5.73. The van der Waals surface area contributed by atoms with Gasteiger partial charge in [-0.2, -0.15) is 11.8 Å². The normalized spacial score (nSPS) is 32.2. The Morgan fingerprint density at radius 3 is 2.83 bits per heavy atom. The van der Waals surface area contributed by atoms with Gasteiger partial charge in [0.1, 0.15) is 0 Å². The Kier molecular flexibility index (Phi) is 4.44. The second-order valence-corrected chi connectivity index (χ2v) is 5.50. The molecule has 72 valence electrons. The van der Waals surface area contributed by atoms with Gasteiger partial charge < -0.3 is 5.73 Å². The summed E-state index contributed by atoms with van der Waals surface area (Å²) < 4.78 is 0. The monoisotopic (exact) mass is 187 g/mol. The first-order chi connectivity index (χ1) is 5.77. The van der Waals surface area contributed by atoms with E-state index in [2.05, 4.69) is 25.6 Å². The molecular formula is C10H21NS. The molecule has 1 saturated carbocycles. The van der Waals surface area contributed by atoms with Crippen molar-refractivity contribution in [3.05, 3.63) is 0 Å². The molecule has 3 unspecified atom stereocenters. The predicted molar refractivity (Wildman–Crippen MR) is 57.5 cm³/mol. The van der Waals surface area contributed by atoms with Crippen LogP contribution in [0.3, 0.4) is 0 Å². The van der Waals surface area contributed by atoms with Crippen molar-refractivity contribution < 1.29 is 0 Å². The first-order valence-corrected chi connectivity index (χ1v) is 6.07. The summed E-state index contributed by atoms with van der Waals surface area (Å²) in [6, 6.07) is 0. The van der Waals surface area contributed by atoms with Gasteiger partial charge in [0.15, 0.2) is 0 Å². The largest absolute Gasteiger partial charge is 0.330 e. The van der Waals surface area contributed by atoms with Crippen molar-refractivity contribution in [2.75, 3.05) is 6.54 Å².